The topological polar surface area (TPSA) is 82.4 Å². The summed E-state index contributed by atoms with van der Waals surface area (Å²) in [5, 5.41) is 13.2. The number of hydrogen-bond donors (Lipinski definition) is 1. The summed E-state index contributed by atoms with van der Waals surface area (Å²) in [5.41, 5.74) is 4.83. The van der Waals surface area contributed by atoms with Crippen molar-refractivity contribution in [3.05, 3.63) is 73.2 Å². The van der Waals surface area contributed by atoms with Crippen LogP contribution in [0.4, 0.5) is 0 Å². The smallest absolute Gasteiger partial charge is 0.260 e. The quantitative estimate of drug-likeness (QED) is 0.396. The second-order valence-electron chi connectivity index (χ2n) is 6.85. The normalized spacial score (nSPS) is 11.0. The number of fused-ring (bicyclic) bond motifs is 1. The van der Waals surface area contributed by atoms with Gasteiger partial charge < -0.3 is 4.98 Å². The van der Waals surface area contributed by atoms with Gasteiger partial charge in [0.15, 0.2) is 0 Å². The van der Waals surface area contributed by atoms with Gasteiger partial charge in [0.1, 0.15) is 21.7 Å². The summed E-state index contributed by atoms with van der Waals surface area (Å²) in [6.07, 6.45) is 0. The second-order valence-corrected chi connectivity index (χ2v) is 9.08. The molecule has 4 aromatic rings. The standard InChI is InChI=1S/C22H17ClN4OS2/c1-11-12(2)15(8-24)21(25-13(11)3)30-10-18-26-20(28)19-16(9-29-22(19)27-18)14-6-4-5-7-17(14)23/h4-7,9H,10H2,1-3H3,(H,26,27,28). The summed E-state index contributed by atoms with van der Waals surface area (Å²) in [5.74, 6) is 0.959. The Hall–Kier alpha value is -2.66. The molecule has 150 valence electrons. The Balaban J connectivity index is 1.69. The van der Waals surface area contributed by atoms with Crippen LogP contribution in [0.5, 0.6) is 0 Å². The minimum absolute atomic E-state index is 0.198. The van der Waals surface area contributed by atoms with Crippen LogP contribution in [0.3, 0.4) is 0 Å². The highest BCUT2D eigenvalue weighted by Gasteiger charge is 2.17. The second kappa shape index (κ2) is 8.23. The maximum atomic E-state index is 12.8. The molecule has 5 nitrogen and oxygen atoms in total. The molecule has 1 N–H and O–H groups in total. The van der Waals surface area contributed by atoms with Gasteiger partial charge >= 0.3 is 0 Å². The van der Waals surface area contributed by atoms with Gasteiger partial charge in [0, 0.05) is 27.2 Å². The van der Waals surface area contributed by atoms with Gasteiger partial charge in [-0.1, -0.05) is 41.6 Å². The van der Waals surface area contributed by atoms with Crippen LogP contribution in [0.2, 0.25) is 5.02 Å². The van der Waals surface area contributed by atoms with Crippen LogP contribution in [0.1, 0.15) is 28.2 Å². The number of hydrogen-bond acceptors (Lipinski definition) is 6. The average molecular weight is 453 g/mol. The summed E-state index contributed by atoms with van der Waals surface area (Å²) < 4.78 is 0. The number of aromatic nitrogens is 3. The molecule has 0 aliphatic rings. The molecule has 0 unspecified atom stereocenters. The van der Waals surface area contributed by atoms with Crippen LogP contribution in [0, 0.1) is 32.1 Å². The molecule has 30 heavy (non-hydrogen) atoms. The van der Waals surface area contributed by atoms with Crippen LogP contribution in [0.25, 0.3) is 21.3 Å². The summed E-state index contributed by atoms with van der Waals surface area (Å²) in [6, 6.07) is 9.70. The number of aryl methyl sites for hydroxylation is 1. The number of nitrogens with zero attached hydrogens (tertiary/aromatic N) is 3. The molecule has 0 amide bonds. The number of benzene rings is 1. The van der Waals surface area contributed by atoms with Crippen molar-refractivity contribution < 1.29 is 0 Å². The molecule has 0 spiro atoms. The zero-order valence-electron chi connectivity index (χ0n) is 16.5. The van der Waals surface area contributed by atoms with Crippen molar-refractivity contribution in [1.29, 1.82) is 5.26 Å². The third kappa shape index (κ3) is 3.63. The van der Waals surface area contributed by atoms with Crippen molar-refractivity contribution in [2.45, 2.75) is 31.6 Å². The SMILES string of the molecule is Cc1nc(SCc2nc3scc(-c4ccccc4Cl)c3c(=O)[nH]2)c(C#N)c(C)c1C. The Morgan fingerprint density at radius 3 is 2.67 bits per heavy atom. The Morgan fingerprint density at radius 1 is 1.17 bits per heavy atom. The van der Waals surface area contributed by atoms with Gasteiger partial charge in [0.25, 0.3) is 5.56 Å². The molecule has 0 saturated heterocycles. The number of nitrogens with one attached hydrogen (secondary N) is 1. The highest BCUT2D eigenvalue weighted by molar-refractivity contribution is 7.98. The van der Waals surface area contributed by atoms with E-state index in [-0.39, 0.29) is 5.56 Å². The number of thiophene rings is 1. The van der Waals surface area contributed by atoms with Crippen molar-refractivity contribution in [2.75, 3.05) is 0 Å². The summed E-state index contributed by atoms with van der Waals surface area (Å²) in [4.78, 5) is 25.6. The molecule has 3 heterocycles. The van der Waals surface area contributed by atoms with Crippen molar-refractivity contribution in [2.24, 2.45) is 0 Å². The molecular formula is C22H17ClN4OS2. The van der Waals surface area contributed by atoms with Crippen LogP contribution < -0.4 is 5.56 Å². The lowest BCUT2D eigenvalue weighted by Gasteiger charge is -2.11. The zero-order valence-corrected chi connectivity index (χ0v) is 18.9. The first-order valence-corrected chi connectivity index (χ1v) is 11.4. The minimum atomic E-state index is -0.198. The Kier molecular flexibility index (Phi) is 5.65. The van der Waals surface area contributed by atoms with E-state index in [1.54, 1.807) is 6.07 Å². The highest BCUT2D eigenvalue weighted by atomic mass is 35.5. The van der Waals surface area contributed by atoms with E-state index >= 15 is 0 Å². The number of nitriles is 1. The highest BCUT2D eigenvalue weighted by Crippen LogP contribution is 2.35. The average Bonchev–Trinajstić information content (AvgIpc) is 3.15. The lowest BCUT2D eigenvalue weighted by atomic mass is 10.1. The molecule has 8 heteroatoms. The molecule has 4 rings (SSSR count). The monoisotopic (exact) mass is 452 g/mol. The van der Waals surface area contributed by atoms with Gasteiger partial charge in [0.05, 0.1) is 16.7 Å². The molecule has 0 atom stereocenters. The van der Waals surface area contributed by atoms with Crippen molar-refractivity contribution in [3.63, 3.8) is 0 Å². The largest absolute Gasteiger partial charge is 0.309 e. The lowest BCUT2D eigenvalue weighted by Crippen LogP contribution is -2.11. The first kappa shape index (κ1) is 20.6. The Bertz CT molecular complexity index is 1380. The van der Waals surface area contributed by atoms with E-state index in [4.69, 9.17) is 11.6 Å². The first-order chi connectivity index (χ1) is 14.4. The molecule has 1 aromatic carbocycles. The van der Waals surface area contributed by atoms with Gasteiger partial charge in [0.2, 0.25) is 0 Å². The third-order valence-electron chi connectivity index (χ3n) is 5.08. The van der Waals surface area contributed by atoms with E-state index in [1.165, 1.54) is 23.1 Å². The van der Waals surface area contributed by atoms with Gasteiger partial charge in [-0.3, -0.25) is 4.79 Å². The number of rotatable bonds is 4. The summed E-state index contributed by atoms with van der Waals surface area (Å²) >= 11 is 9.13. The number of halogens is 1. The fourth-order valence-electron chi connectivity index (χ4n) is 3.22. The third-order valence-corrected chi connectivity index (χ3v) is 7.27. The molecular weight excluding hydrogens is 436 g/mol. The van der Waals surface area contributed by atoms with E-state index in [2.05, 4.69) is 21.0 Å². The first-order valence-electron chi connectivity index (χ1n) is 9.16. The van der Waals surface area contributed by atoms with Crippen molar-refractivity contribution in [3.8, 4) is 17.2 Å². The molecule has 0 fully saturated rings. The van der Waals surface area contributed by atoms with Gasteiger partial charge in [-0.15, -0.1) is 11.3 Å². The zero-order chi connectivity index (χ0) is 21.4. The number of pyridine rings is 1. The predicted molar refractivity (Wildman–Crippen MR) is 123 cm³/mol. The fourth-order valence-corrected chi connectivity index (χ4v) is 5.37. The number of thioether (sulfide) groups is 1. The number of H-pyrrole nitrogens is 1. The van der Waals surface area contributed by atoms with E-state index in [0.29, 0.717) is 37.4 Å². The molecule has 3 aromatic heterocycles. The maximum absolute atomic E-state index is 12.8. The van der Waals surface area contributed by atoms with Crippen molar-refractivity contribution in [1.82, 2.24) is 15.0 Å². The van der Waals surface area contributed by atoms with Gasteiger partial charge in [-0.25, -0.2) is 9.97 Å². The van der Waals surface area contributed by atoms with Crippen molar-refractivity contribution >= 4 is 44.9 Å². The predicted octanol–water partition coefficient (Wildman–Crippen LogP) is 5.79. The Labute approximate surface area is 186 Å². The molecule has 0 bridgehead atoms. The Morgan fingerprint density at radius 2 is 1.93 bits per heavy atom. The molecule has 0 saturated carbocycles. The van der Waals surface area contributed by atoms with E-state index in [9.17, 15) is 10.1 Å². The molecule has 0 radical (unpaired) electrons. The van der Waals surface area contributed by atoms with E-state index < -0.39 is 0 Å². The minimum Gasteiger partial charge on any atom is -0.309 e. The van der Waals surface area contributed by atoms with Crippen LogP contribution in [-0.4, -0.2) is 15.0 Å². The van der Waals surface area contributed by atoms with E-state index in [1.807, 2.05) is 44.4 Å². The van der Waals surface area contributed by atoms with E-state index in [0.717, 1.165) is 27.9 Å². The van der Waals surface area contributed by atoms with Gasteiger partial charge in [-0.05, 0) is 38.0 Å². The van der Waals surface area contributed by atoms with Crippen LogP contribution >= 0.6 is 34.7 Å². The molecule has 0 aliphatic heterocycles. The summed E-state index contributed by atoms with van der Waals surface area (Å²) in [6.45, 7) is 5.83. The maximum Gasteiger partial charge on any atom is 0.260 e. The van der Waals surface area contributed by atoms with Gasteiger partial charge in [-0.2, -0.15) is 5.26 Å². The summed E-state index contributed by atoms with van der Waals surface area (Å²) in [7, 11) is 0. The fraction of sp³-hybridized carbons (Fsp3) is 0.182. The molecule has 0 aliphatic carbocycles. The number of aromatic amines is 1. The van der Waals surface area contributed by atoms with Crippen LogP contribution in [-0.2, 0) is 5.75 Å². The lowest BCUT2D eigenvalue weighted by molar-refractivity contribution is 0.990. The van der Waals surface area contributed by atoms with Crippen LogP contribution in [0.15, 0.2) is 39.5 Å².